The van der Waals surface area contributed by atoms with Gasteiger partial charge >= 0.3 is 6.03 Å². The number of nitrogens with zero attached hydrogens (tertiary/aromatic N) is 1. The van der Waals surface area contributed by atoms with Crippen LogP contribution in [0.2, 0.25) is 0 Å². The fourth-order valence-electron chi connectivity index (χ4n) is 6.05. The molecular weight excluding hydrogens is 596 g/mol. The van der Waals surface area contributed by atoms with Crippen LogP contribution in [-0.4, -0.2) is 71.1 Å². The summed E-state index contributed by atoms with van der Waals surface area (Å²) in [5.74, 6) is -0.701. The van der Waals surface area contributed by atoms with E-state index in [-0.39, 0.29) is 49.6 Å². The lowest BCUT2D eigenvalue weighted by atomic mass is 9.92. The van der Waals surface area contributed by atoms with E-state index in [1.54, 1.807) is 0 Å². The second-order valence-corrected chi connectivity index (χ2v) is 12.6. The van der Waals surface area contributed by atoms with E-state index in [0.29, 0.717) is 18.6 Å². The van der Waals surface area contributed by atoms with Crippen LogP contribution in [0.5, 0.6) is 5.75 Å². The highest BCUT2D eigenvalue weighted by Gasteiger charge is 2.37. The number of benzene rings is 3. The van der Waals surface area contributed by atoms with Gasteiger partial charge in [0.25, 0.3) is 5.91 Å². The van der Waals surface area contributed by atoms with E-state index in [0.717, 1.165) is 22.3 Å². The lowest BCUT2D eigenvalue weighted by Crippen LogP contribution is -2.60. The van der Waals surface area contributed by atoms with Gasteiger partial charge in [-0.3, -0.25) is 19.7 Å². The molecule has 0 aliphatic carbocycles. The van der Waals surface area contributed by atoms with E-state index in [2.05, 4.69) is 16.0 Å². The third-order valence-corrected chi connectivity index (χ3v) is 8.39. The van der Waals surface area contributed by atoms with Gasteiger partial charge in [-0.05, 0) is 61.3 Å². The molecule has 0 aromatic heterocycles. The maximum absolute atomic E-state index is 13.8. The van der Waals surface area contributed by atoms with Crippen LogP contribution in [0.1, 0.15) is 48.9 Å². The number of hydrogen-bond acceptors (Lipinski definition) is 6. The number of rotatable bonds is 15. The molecule has 3 aromatic rings. The number of ether oxygens (including phenoxy) is 1. The first-order valence-corrected chi connectivity index (χ1v) is 16.2. The van der Waals surface area contributed by atoms with Gasteiger partial charge in [0.1, 0.15) is 11.8 Å². The lowest BCUT2D eigenvalue weighted by Gasteiger charge is -2.36. The Morgan fingerprint density at radius 1 is 0.872 bits per heavy atom. The van der Waals surface area contributed by atoms with Crippen molar-refractivity contribution in [3.63, 3.8) is 0 Å². The van der Waals surface area contributed by atoms with Gasteiger partial charge in [-0.25, -0.2) is 4.79 Å². The van der Waals surface area contributed by atoms with Gasteiger partial charge in [-0.15, -0.1) is 0 Å². The molecule has 1 fully saturated rings. The minimum Gasteiger partial charge on any atom is -0.483 e. The summed E-state index contributed by atoms with van der Waals surface area (Å²) in [6, 6.07) is 22.3. The molecule has 10 nitrogen and oxygen atoms in total. The second-order valence-electron chi connectivity index (χ2n) is 12.6. The summed E-state index contributed by atoms with van der Waals surface area (Å²) < 4.78 is 5.89. The molecule has 5 amide bonds. The molecule has 47 heavy (non-hydrogen) atoms. The summed E-state index contributed by atoms with van der Waals surface area (Å²) in [6.07, 6.45) is -0.0176. The quantitative estimate of drug-likeness (QED) is 0.199. The molecule has 10 heteroatoms. The molecule has 0 bridgehead atoms. The van der Waals surface area contributed by atoms with Gasteiger partial charge in [0.15, 0.2) is 6.61 Å². The Morgan fingerprint density at radius 2 is 1.47 bits per heavy atom. The van der Waals surface area contributed by atoms with E-state index in [9.17, 15) is 24.3 Å². The standard InChI is InChI=1S/C37H46N4O6/c1-24(2)34(41-19-18-32(43)40-37(41)46)36(45)38-29(20-27-14-7-5-8-15-27)22-31(42)30(21-28-16-9-6-10-17-28)39-33(44)23-47-35-25(3)12-11-13-26(35)4/h5-17,24,29-31,34,42H,18-23H2,1-4H3,(H,38,45)(H,39,44)(H,40,43,46)/t29-,30-,31+,34?/m1/s1. The molecule has 4 rings (SSSR count). The number of carbonyl (C=O) groups excluding carboxylic acids is 4. The topological polar surface area (TPSA) is 137 Å². The highest BCUT2D eigenvalue weighted by atomic mass is 16.5. The summed E-state index contributed by atoms with van der Waals surface area (Å²) in [6.45, 7) is 7.46. The van der Waals surface area contributed by atoms with Crippen LogP contribution in [-0.2, 0) is 27.2 Å². The third-order valence-electron chi connectivity index (χ3n) is 8.39. The largest absolute Gasteiger partial charge is 0.483 e. The normalized spacial score (nSPS) is 15.7. The molecule has 250 valence electrons. The molecule has 4 atom stereocenters. The van der Waals surface area contributed by atoms with Gasteiger partial charge in [0.2, 0.25) is 11.8 Å². The molecule has 1 aliphatic rings. The van der Waals surface area contributed by atoms with Gasteiger partial charge in [-0.2, -0.15) is 0 Å². The lowest BCUT2D eigenvalue weighted by molar-refractivity contribution is -0.130. The van der Waals surface area contributed by atoms with E-state index in [1.807, 2.05) is 107 Å². The van der Waals surface area contributed by atoms with Crippen molar-refractivity contribution >= 4 is 23.8 Å². The zero-order chi connectivity index (χ0) is 33.9. The van der Waals surface area contributed by atoms with Crippen LogP contribution in [0, 0.1) is 19.8 Å². The van der Waals surface area contributed by atoms with Crippen LogP contribution in [0.4, 0.5) is 4.79 Å². The third kappa shape index (κ3) is 10.1. The first-order valence-electron chi connectivity index (χ1n) is 16.2. The molecular formula is C37H46N4O6. The van der Waals surface area contributed by atoms with Gasteiger partial charge in [0.05, 0.1) is 12.1 Å². The van der Waals surface area contributed by atoms with Crippen LogP contribution in [0.15, 0.2) is 78.9 Å². The van der Waals surface area contributed by atoms with Crippen LogP contribution >= 0.6 is 0 Å². The maximum Gasteiger partial charge on any atom is 0.324 e. The summed E-state index contributed by atoms with van der Waals surface area (Å²) in [7, 11) is 0. The van der Waals surface area contributed by atoms with Crippen molar-refractivity contribution in [1.82, 2.24) is 20.9 Å². The number of hydrogen-bond donors (Lipinski definition) is 4. The molecule has 1 saturated heterocycles. The number of aryl methyl sites for hydroxylation is 2. The van der Waals surface area contributed by atoms with Crippen molar-refractivity contribution in [2.45, 2.75) is 77.6 Å². The number of aliphatic hydroxyl groups is 1. The van der Waals surface area contributed by atoms with Crippen LogP contribution < -0.4 is 20.7 Å². The second kappa shape index (κ2) is 16.7. The summed E-state index contributed by atoms with van der Waals surface area (Å²) in [5, 5.41) is 20.1. The molecule has 1 heterocycles. The molecule has 1 unspecified atom stereocenters. The highest BCUT2D eigenvalue weighted by molar-refractivity contribution is 5.99. The van der Waals surface area contributed by atoms with E-state index < -0.39 is 30.3 Å². The fourth-order valence-corrected chi connectivity index (χ4v) is 6.05. The van der Waals surface area contributed by atoms with Crippen molar-refractivity contribution in [3.05, 3.63) is 101 Å². The number of aliphatic hydroxyl groups excluding tert-OH is 1. The first-order chi connectivity index (χ1) is 22.5. The van der Waals surface area contributed by atoms with E-state index in [1.165, 1.54) is 4.90 Å². The number of para-hydroxylation sites is 1. The number of amides is 5. The molecule has 0 saturated carbocycles. The first kappa shape index (κ1) is 35.2. The van der Waals surface area contributed by atoms with Crippen molar-refractivity contribution in [2.75, 3.05) is 13.2 Å². The molecule has 4 N–H and O–H groups in total. The highest BCUT2D eigenvalue weighted by Crippen LogP contribution is 2.22. The molecule has 0 spiro atoms. The van der Waals surface area contributed by atoms with Crippen molar-refractivity contribution in [1.29, 1.82) is 0 Å². The molecule has 3 aromatic carbocycles. The zero-order valence-corrected chi connectivity index (χ0v) is 27.6. The van der Waals surface area contributed by atoms with Crippen LogP contribution in [0.25, 0.3) is 0 Å². The van der Waals surface area contributed by atoms with E-state index >= 15 is 0 Å². The number of nitrogens with one attached hydrogen (secondary N) is 3. The Bertz CT molecular complexity index is 1490. The van der Waals surface area contributed by atoms with Gasteiger partial charge in [0, 0.05) is 19.0 Å². The summed E-state index contributed by atoms with van der Waals surface area (Å²) in [5.41, 5.74) is 3.73. The van der Waals surface area contributed by atoms with E-state index in [4.69, 9.17) is 4.74 Å². The molecule has 1 aliphatic heterocycles. The SMILES string of the molecule is Cc1cccc(C)c1OCC(=O)N[C@H](Cc1ccccc1)[C@@H](O)C[C@@H](Cc1ccccc1)NC(=O)C(C(C)C)N1CCC(=O)NC1=O. The van der Waals surface area contributed by atoms with Gasteiger partial charge < -0.3 is 25.4 Å². The minimum atomic E-state index is -1.04. The summed E-state index contributed by atoms with van der Waals surface area (Å²) >= 11 is 0. The van der Waals surface area contributed by atoms with Crippen molar-refractivity contribution < 1.29 is 29.0 Å². The Labute approximate surface area is 276 Å². The predicted octanol–water partition coefficient (Wildman–Crippen LogP) is 3.85. The predicted molar refractivity (Wildman–Crippen MR) is 180 cm³/mol. The number of carbonyl (C=O) groups is 4. The number of imide groups is 1. The Morgan fingerprint density at radius 3 is 2.04 bits per heavy atom. The minimum absolute atomic E-state index is 0.113. The van der Waals surface area contributed by atoms with Gasteiger partial charge in [-0.1, -0.05) is 92.7 Å². The number of urea groups is 1. The average molecular weight is 643 g/mol. The average Bonchev–Trinajstić information content (AvgIpc) is 3.02. The Kier molecular flexibility index (Phi) is 12.5. The summed E-state index contributed by atoms with van der Waals surface area (Å²) in [4.78, 5) is 52.9. The molecule has 0 radical (unpaired) electrons. The fraction of sp³-hybridized carbons (Fsp3) is 0.405. The smallest absolute Gasteiger partial charge is 0.324 e. The monoisotopic (exact) mass is 642 g/mol. The van der Waals surface area contributed by atoms with Crippen LogP contribution in [0.3, 0.4) is 0 Å². The maximum atomic E-state index is 13.8. The van der Waals surface area contributed by atoms with Crippen molar-refractivity contribution in [3.8, 4) is 5.75 Å². The van der Waals surface area contributed by atoms with Crippen molar-refractivity contribution in [2.24, 2.45) is 5.92 Å². The Hall–Kier alpha value is -4.70. The zero-order valence-electron chi connectivity index (χ0n) is 27.6. The Balaban J connectivity index is 1.53.